The highest BCUT2D eigenvalue weighted by molar-refractivity contribution is 5.75. The van der Waals surface area contributed by atoms with Gasteiger partial charge in [-0.05, 0) is 24.6 Å². The van der Waals surface area contributed by atoms with Crippen LogP contribution < -0.4 is 0 Å². The minimum Gasteiger partial charge on any atom is -0.464 e. The molecule has 0 aliphatic carbocycles. The first-order chi connectivity index (χ1) is 9.71. The minimum absolute atomic E-state index is 0.0696. The molecule has 1 unspecified atom stereocenters. The van der Waals surface area contributed by atoms with Crippen LogP contribution in [0.15, 0.2) is 24.3 Å². The Morgan fingerprint density at radius 3 is 2.60 bits per heavy atom. The Labute approximate surface area is 119 Å². The van der Waals surface area contributed by atoms with Gasteiger partial charge in [-0.1, -0.05) is 24.0 Å². The molecule has 4 nitrogen and oxygen atoms in total. The van der Waals surface area contributed by atoms with Gasteiger partial charge in [0.05, 0.1) is 13.2 Å². The van der Waals surface area contributed by atoms with E-state index in [1.165, 1.54) is 7.11 Å². The highest BCUT2D eigenvalue weighted by Gasteiger charge is 2.19. The van der Waals surface area contributed by atoms with Gasteiger partial charge in [-0.15, -0.1) is 0 Å². The highest BCUT2D eigenvalue weighted by Crippen LogP contribution is 2.09. The molecule has 0 radical (unpaired) electrons. The first-order valence-corrected chi connectivity index (χ1v) is 6.59. The predicted molar refractivity (Wildman–Crippen MR) is 76.2 cm³/mol. The SMILES string of the molecule is CCOC(=O)C(Cc1ccc(C#CCCO)cc1)OC. The van der Waals surface area contributed by atoms with E-state index in [1.54, 1.807) is 6.92 Å². The molecular formula is C16H20O4. The summed E-state index contributed by atoms with van der Waals surface area (Å²) in [5.74, 6) is 5.46. The fourth-order valence-corrected chi connectivity index (χ4v) is 1.66. The first kappa shape index (κ1) is 16.2. The predicted octanol–water partition coefficient (Wildman–Crippen LogP) is 1.54. The van der Waals surface area contributed by atoms with Gasteiger partial charge in [-0.25, -0.2) is 4.79 Å². The van der Waals surface area contributed by atoms with Crippen LogP contribution in [-0.4, -0.2) is 37.5 Å². The van der Waals surface area contributed by atoms with Crippen LogP contribution in [0.25, 0.3) is 0 Å². The molecule has 0 aliphatic rings. The maximum Gasteiger partial charge on any atom is 0.335 e. The molecule has 0 heterocycles. The molecule has 0 spiro atoms. The summed E-state index contributed by atoms with van der Waals surface area (Å²) in [6.45, 7) is 2.18. The Bertz CT molecular complexity index is 467. The van der Waals surface area contributed by atoms with E-state index in [9.17, 15) is 4.79 Å². The van der Waals surface area contributed by atoms with E-state index in [2.05, 4.69) is 11.8 Å². The second kappa shape index (κ2) is 9.13. The quantitative estimate of drug-likeness (QED) is 0.632. The molecule has 1 N–H and O–H groups in total. The largest absolute Gasteiger partial charge is 0.464 e. The molecule has 1 atom stereocenters. The Hall–Kier alpha value is -1.83. The van der Waals surface area contributed by atoms with Crippen LogP contribution in [0.2, 0.25) is 0 Å². The number of hydrogen-bond acceptors (Lipinski definition) is 4. The van der Waals surface area contributed by atoms with E-state index in [0.717, 1.165) is 11.1 Å². The monoisotopic (exact) mass is 276 g/mol. The summed E-state index contributed by atoms with van der Waals surface area (Å²) in [6.07, 6.45) is 0.358. The second-order valence-corrected chi connectivity index (χ2v) is 4.15. The molecular weight excluding hydrogens is 256 g/mol. The van der Waals surface area contributed by atoms with Crippen LogP contribution in [-0.2, 0) is 20.7 Å². The summed E-state index contributed by atoms with van der Waals surface area (Å²) < 4.78 is 10.1. The number of carbonyl (C=O) groups excluding carboxylic acids is 1. The molecule has 1 aromatic rings. The van der Waals surface area contributed by atoms with E-state index in [4.69, 9.17) is 14.6 Å². The van der Waals surface area contributed by atoms with E-state index < -0.39 is 6.10 Å². The third-order valence-corrected chi connectivity index (χ3v) is 2.68. The maximum atomic E-state index is 11.6. The molecule has 1 rings (SSSR count). The Kier molecular flexibility index (Phi) is 7.41. The van der Waals surface area contributed by atoms with Gasteiger partial charge < -0.3 is 14.6 Å². The first-order valence-electron chi connectivity index (χ1n) is 6.59. The van der Waals surface area contributed by atoms with Crippen LogP contribution in [0.4, 0.5) is 0 Å². The van der Waals surface area contributed by atoms with E-state index >= 15 is 0 Å². The van der Waals surface area contributed by atoms with Crippen molar-refractivity contribution in [1.82, 2.24) is 0 Å². The third kappa shape index (κ3) is 5.43. The van der Waals surface area contributed by atoms with Crippen molar-refractivity contribution in [2.45, 2.75) is 25.9 Å². The molecule has 20 heavy (non-hydrogen) atoms. The zero-order valence-corrected chi connectivity index (χ0v) is 11.9. The van der Waals surface area contributed by atoms with E-state index in [0.29, 0.717) is 19.4 Å². The number of benzene rings is 1. The molecule has 0 saturated carbocycles. The van der Waals surface area contributed by atoms with Gasteiger partial charge >= 0.3 is 5.97 Å². The van der Waals surface area contributed by atoms with Crippen molar-refractivity contribution >= 4 is 5.97 Å². The smallest absolute Gasteiger partial charge is 0.335 e. The molecule has 4 heteroatoms. The van der Waals surface area contributed by atoms with Crippen molar-refractivity contribution in [2.24, 2.45) is 0 Å². The lowest BCUT2D eigenvalue weighted by Gasteiger charge is -2.13. The van der Waals surface area contributed by atoms with Crippen LogP contribution in [0.3, 0.4) is 0 Å². The number of methoxy groups -OCH3 is 1. The number of aliphatic hydroxyl groups is 1. The van der Waals surface area contributed by atoms with Crippen molar-refractivity contribution in [3.63, 3.8) is 0 Å². The average molecular weight is 276 g/mol. The van der Waals surface area contributed by atoms with Crippen molar-refractivity contribution < 1.29 is 19.4 Å². The van der Waals surface area contributed by atoms with Crippen LogP contribution in [0, 0.1) is 11.8 Å². The van der Waals surface area contributed by atoms with Crippen molar-refractivity contribution in [3.05, 3.63) is 35.4 Å². The van der Waals surface area contributed by atoms with Gasteiger partial charge in [0.15, 0.2) is 6.10 Å². The Balaban J connectivity index is 2.64. The number of ether oxygens (including phenoxy) is 2. The summed E-state index contributed by atoms with van der Waals surface area (Å²) >= 11 is 0. The van der Waals surface area contributed by atoms with Crippen LogP contribution in [0.5, 0.6) is 0 Å². The van der Waals surface area contributed by atoms with Crippen molar-refractivity contribution in [3.8, 4) is 11.8 Å². The summed E-state index contributed by atoms with van der Waals surface area (Å²) in [7, 11) is 1.50. The number of hydrogen-bond donors (Lipinski definition) is 1. The second-order valence-electron chi connectivity index (χ2n) is 4.15. The zero-order chi connectivity index (χ0) is 14.8. The van der Waals surface area contributed by atoms with Crippen LogP contribution >= 0.6 is 0 Å². The summed E-state index contributed by atoms with van der Waals surface area (Å²) in [5, 5.41) is 8.65. The zero-order valence-electron chi connectivity index (χ0n) is 11.9. The number of carbonyl (C=O) groups is 1. The number of rotatable bonds is 6. The van der Waals surface area contributed by atoms with E-state index in [-0.39, 0.29) is 12.6 Å². The standard InChI is InChI=1S/C16H20O4/c1-3-20-16(18)15(19-2)12-14-9-7-13(8-10-14)6-4-5-11-17/h7-10,15,17H,3,5,11-12H2,1-2H3. The van der Waals surface area contributed by atoms with Gasteiger partial charge in [0, 0.05) is 25.5 Å². The fourth-order valence-electron chi connectivity index (χ4n) is 1.66. The van der Waals surface area contributed by atoms with Gasteiger partial charge in [-0.3, -0.25) is 0 Å². The third-order valence-electron chi connectivity index (χ3n) is 2.68. The summed E-state index contributed by atoms with van der Waals surface area (Å²) in [4.78, 5) is 11.6. The van der Waals surface area contributed by atoms with Gasteiger partial charge in [-0.2, -0.15) is 0 Å². The number of aliphatic hydroxyl groups excluding tert-OH is 1. The van der Waals surface area contributed by atoms with Gasteiger partial charge in [0.25, 0.3) is 0 Å². The highest BCUT2D eigenvalue weighted by atomic mass is 16.6. The molecule has 0 fully saturated rings. The molecule has 1 aromatic carbocycles. The normalized spacial score (nSPS) is 11.3. The molecule has 0 saturated heterocycles. The average Bonchev–Trinajstić information content (AvgIpc) is 2.46. The maximum absolute atomic E-state index is 11.6. The lowest BCUT2D eigenvalue weighted by atomic mass is 10.1. The van der Waals surface area contributed by atoms with E-state index in [1.807, 2.05) is 24.3 Å². The molecule has 0 aromatic heterocycles. The molecule has 0 aliphatic heterocycles. The minimum atomic E-state index is -0.582. The molecule has 0 amide bonds. The van der Waals surface area contributed by atoms with Gasteiger partial charge in [0.2, 0.25) is 0 Å². The lowest BCUT2D eigenvalue weighted by molar-refractivity contribution is -0.154. The Morgan fingerprint density at radius 1 is 1.35 bits per heavy atom. The number of esters is 1. The van der Waals surface area contributed by atoms with Crippen molar-refractivity contribution in [1.29, 1.82) is 0 Å². The van der Waals surface area contributed by atoms with Crippen LogP contribution in [0.1, 0.15) is 24.5 Å². The summed E-state index contributed by atoms with van der Waals surface area (Å²) in [6, 6.07) is 7.59. The topological polar surface area (TPSA) is 55.8 Å². The van der Waals surface area contributed by atoms with Gasteiger partial charge in [0.1, 0.15) is 0 Å². The molecule has 108 valence electrons. The lowest BCUT2D eigenvalue weighted by Crippen LogP contribution is -2.27. The molecule has 0 bridgehead atoms. The summed E-state index contributed by atoms with van der Waals surface area (Å²) in [5.41, 5.74) is 1.87. The van der Waals surface area contributed by atoms with Crippen molar-refractivity contribution in [2.75, 3.05) is 20.3 Å². The fraction of sp³-hybridized carbons (Fsp3) is 0.438. The Morgan fingerprint density at radius 2 is 2.05 bits per heavy atom.